The van der Waals surface area contributed by atoms with Gasteiger partial charge in [-0.3, -0.25) is 0 Å². The quantitative estimate of drug-likeness (QED) is 0.303. The van der Waals surface area contributed by atoms with E-state index in [0.29, 0.717) is 24.4 Å². The summed E-state index contributed by atoms with van der Waals surface area (Å²) in [5.74, 6) is -0.328. The predicted octanol–water partition coefficient (Wildman–Crippen LogP) is 3.35. The summed E-state index contributed by atoms with van der Waals surface area (Å²) in [5.41, 5.74) is 1.22. The van der Waals surface area contributed by atoms with Crippen LogP contribution in [-0.4, -0.2) is 39.6 Å². The average Bonchev–Trinajstić information content (AvgIpc) is 2.52. The number of nitrogens with zero attached hydrogens (tertiary/aromatic N) is 2. The molecule has 1 rings (SSSR count). The van der Waals surface area contributed by atoms with Crippen molar-refractivity contribution in [2.24, 2.45) is 10.2 Å². The van der Waals surface area contributed by atoms with E-state index in [2.05, 4.69) is 10.2 Å². The second-order valence-electron chi connectivity index (χ2n) is 4.28. The summed E-state index contributed by atoms with van der Waals surface area (Å²) in [7, 11) is 3.22. The Kier molecular flexibility index (Phi) is 8.23. The third-order valence-electron chi connectivity index (χ3n) is 2.79. The summed E-state index contributed by atoms with van der Waals surface area (Å²) in [4.78, 5) is 11.5. The fourth-order valence-corrected chi connectivity index (χ4v) is 1.67. The Balaban J connectivity index is 2.38. The maximum atomic E-state index is 11.5. The van der Waals surface area contributed by atoms with Gasteiger partial charge in [-0.2, -0.15) is 10.2 Å². The monoisotopic (exact) mass is 294 g/mol. The minimum atomic E-state index is -0.328. The molecule has 21 heavy (non-hydrogen) atoms. The lowest BCUT2D eigenvalue weighted by atomic mass is 10.2. The number of ether oxygens (including phenoxy) is 3. The lowest BCUT2D eigenvalue weighted by molar-refractivity contribution is -0.106. The molecule has 0 aliphatic rings. The lowest BCUT2D eigenvalue weighted by Gasteiger charge is -2.11. The lowest BCUT2D eigenvalue weighted by Crippen LogP contribution is -2.12. The number of hydrogen-bond donors (Lipinski definition) is 0. The topological polar surface area (TPSA) is 69.5 Å². The van der Waals surface area contributed by atoms with Crippen LogP contribution in [0.1, 0.15) is 30.1 Å². The van der Waals surface area contributed by atoms with Gasteiger partial charge in [0.1, 0.15) is 0 Å². The SMILES string of the molecule is CCOC(=O)c1ccc(N=NCCCC(OC)OC)cc1. The fraction of sp³-hybridized carbons (Fsp3) is 0.533. The maximum absolute atomic E-state index is 11.5. The zero-order valence-corrected chi connectivity index (χ0v) is 12.7. The van der Waals surface area contributed by atoms with Crippen molar-refractivity contribution < 1.29 is 19.0 Å². The average molecular weight is 294 g/mol. The van der Waals surface area contributed by atoms with Gasteiger partial charge in [0.05, 0.1) is 24.4 Å². The Morgan fingerprint density at radius 1 is 1.19 bits per heavy atom. The molecule has 0 radical (unpaired) electrons. The molecule has 0 spiro atoms. The first kappa shape index (κ1) is 17.3. The smallest absolute Gasteiger partial charge is 0.338 e. The molecule has 0 unspecified atom stereocenters. The van der Waals surface area contributed by atoms with Crippen LogP contribution in [0, 0.1) is 0 Å². The Labute approximate surface area is 125 Å². The fourth-order valence-electron chi connectivity index (χ4n) is 1.67. The molecule has 0 atom stereocenters. The largest absolute Gasteiger partial charge is 0.462 e. The molecule has 0 saturated carbocycles. The Morgan fingerprint density at radius 2 is 1.86 bits per heavy atom. The Bertz CT molecular complexity index is 441. The van der Waals surface area contributed by atoms with E-state index in [1.807, 2.05) is 0 Å². The Morgan fingerprint density at radius 3 is 2.43 bits per heavy atom. The molecule has 6 nitrogen and oxygen atoms in total. The van der Waals surface area contributed by atoms with Gasteiger partial charge < -0.3 is 14.2 Å². The van der Waals surface area contributed by atoms with Gasteiger partial charge in [0.15, 0.2) is 6.29 Å². The van der Waals surface area contributed by atoms with Crippen molar-refractivity contribution in [3.8, 4) is 0 Å². The normalized spacial score (nSPS) is 11.2. The third kappa shape index (κ3) is 6.46. The van der Waals surface area contributed by atoms with Crippen LogP contribution in [0.15, 0.2) is 34.5 Å². The molecule has 116 valence electrons. The summed E-state index contributed by atoms with van der Waals surface area (Å²) in [5, 5.41) is 8.18. The second kappa shape index (κ2) is 10.0. The summed E-state index contributed by atoms with van der Waals surface area (Å²) in [6.45, 7) is 2.74. The van der Waals surface area contributed by atoms with Crippen molar-refractivity contribution in [3.63, 3.8) is 0 Å². The number of azo groups is 1. The van der Waals surface area contributed by atoms with E-state index in [9.17, 15) is 4.79 Å². The highest BCUT2D eigenvalue weighted by Gasteiger charge is 2.05. The van der Waals surface area contributed by atoms with Crippen LogP contribution < -0.4 is 0 Å². The number of rotatable bonds is 9. The van der Waals surface area contributed by atoms with E-state index >= 15 is 0 Å². The number of methoxy groups -OCH3 is 2. The number of hydrogen-bond acceptors (Lipinski definition) is 6. The molecule has 0 heterocycles. The summed E-state index contributed by atoms with van der Waals surface area (Å²) < 4.78 is 15.1. The Hall–Kier alpha value is -1.79. The highest BCUT2D eigenvalue weighted by atomic mass is 16.7. The van der Waals surface area contributed by atoms with Crippen LogP contribution in [0.25, 0.3) is 0 Å². The van der Waals surface area contributed by atoms with Crippen molar-refractivity contribution in [3.05, 3.63) is 29.8 Å². The zero-order valence-electron chi connectivity index (χ0n) is 12.7. The van der Waals surface area contributed by atoms with Gasteiger partial charge in [-0.15, -0.1) is 0 Å². The number of benzene rings is 1. The van der Waals surface area contributed by atoms with Crippen molar-refractivity contribution in [2.75, 3.05) is 27.4 Å². The van der Waals surface area contributed by atoms with Crippen LogP contribution in [0.4, 0.5) is 5.69 Å². The van der Waals surface area contributed by atoms with E-state index in [1.165, 1.54) is 0 Å². The van der Waals surface area contributed by atoms with Crippen molar-refractivity contribution in [1.29, 1.82) is 0 Å². The van der Waals surface area contributed by atoms with E-state index in [1.54, 1.807) is 45.4 Å². The molecular weight excluding hydrogens is 272 g/mol. The summed E-state index contributed by atoms with van der Waals surface area (Å²) in [6.07, 6.45) is 1.41. The minimum Gasteiger partial charge on any atom is -0.462 e. The molecule has 0 bridgehead atoms. The van der Waals surface area contributed by atoms with Crippen LogP contribution in [0.3, 0.4) is 0 Å². The van der Waals surface area contributed by atoms with Crippen LogP contribution >= 0.6 is 0 Å². The molecule has 0 aliphatic heterocycles. The highest BCUT2D eigenvalue weighted by Crippen LogP contribution is 2.14. The third-order valence-corrected chi connectivity index (χ3v) is 2.79. The second-order valence-corrected chi connectivity index (χ2v) is 4.28. The van der Waals surface area contributed by atoms with E-state index in [-0.39, 0.29) is 12.3 Å². The maximum Gasteiger partial charge on any atom is 0.338 e. The first-order valence-electron chi connectivity index (χ1n) is 6.91. The van der Waals surface area contributed by atoms with Gasteiger partial charge in [-0.1, -0.05) is 0 Å². The molecule has 6 heteroatoms. The minimum absolute atomic E-state index is 0.191. The van der Waals surface area contributed by atoms with E-state index in [4.69, 9.17) is 14.2 Å². The molecule has 1 aromatic carbocycles. The zero-order chi connectivity index (χ0) is 15.5. The molecule has 1 aromatic rings. The van der Waals surface area contributed by atoms with Gasteiger partial charge in [0.25, 0.3) is 0 Å². The molecule has 0 fully saturated rings. The van der Waals surface area contributed by atoms with Crippen molar-refractivity contribution in [1.82, 2.24) is 0 Å². The molecule has 0 aromatic heterocycles. The van der Waals surface area contributed by atoms with Crippen LogP contribution in [-0.2, 0) is 14.2 Å². The number of esters is 1. The first-order chi connectivity index (χ1) is 10.2. The molecule has 0 N–H and O–H groups in total. The van der Waals surface area contributed by atoms with Crippen LogP contribution in [0.2, 0.25) is 0 Å². The molecular formula is C15H22N2O4. The molecule has 0 amide bonds. The predicted molar refractivity (Wildman–Crippen MR) is 78.8 cm³/mol. The summed E-state index contributed by atoms with van der Waals surface area (Å²) in [6, 6.07) is 6.84. The van der Waals surface area contributed by atoms with Gasteiger partial charge in [-0.05, 0) is 37.6 Å². The standard InChI is InChI=1S/C15H22N2O4/c1-4-21-15(18)12-7-9-13(10-8-12)17-16-11-5-6-14(19-2)20-3/h7-10,14H,4-6,11H2,1-3H3. The number of carbonyl (C=O) groups is 1. The van der Waals surface area contributed by atoms with Crippen molar-refractivity contribution in [2.45, 2.75) is 26.1 Å². The van der Waals surface area contributed by atoms with Gasteiger partial charge in [-0.25, -0.2) is 4.79 Å². The summed E-state index contributed by atoms with van der Waals surface area (Å²) >= 11 is 0. The van der Waals surface area contributed by atoms with Gasteiger partial charge in [0, 0.05) is 20.6 Å². The first-order valence-corrected chi connectivity index (χ1v) is 6.91. The number of carbonyl (C=O) groups excluding carboxylic acids is 1. The van der Waals surface area contributed by atoms with E-state index < -0.39 is 0 Å². The highest BCUT2D eigenvalue weighted by molar-refractivity contribution is 5.89. The van der Waals surface area contributed by atoms with Gasteiger partial charge in [0.2, 0.25) is 0 Å². The van der Waals surface area contributed by atoms with E-state index in [0.717, 1.165) is 12.8 Å². The molecule has 0 saturated heterocycles. The molecule has 0 aliphatic carbocycles. The van der Waals surface area contributed by atoms with Crippen molar-refractivity contribution >= 4 is 11.7 Å². The van der Waals surface area contributed by atoms with Gasteiger partial charge >= 0.3 is 5.97 Å². The van der Waals surface area contributed by atoms with Crippen LogP contribution in [0.5, 0.6) is 0 Å².